The Labute approximate surface area is 112 Å². The highest BCUT2D eigenvalue weighted by molar-refractivity contribution is 5.12. The van der Waals surface area contributed by atoms with Crippen molar-refractivity contribution in [1.29, 1.82) is 0 Å². The van der Waals surface area contributed by atoms with Crippen LogP contribution in [0.4, 0.5) is 0 Å². The zero-order chi connectivity index (χ0) is 12.7. The molecule has 1 atom stereocenters. The zero-order valence-electron chi connectivity index (χ0n) is 11.0. The molecule has 100 valence electrons. The fourth-order valence-corrected chi connectivity index (χ4v) is 3.13. The minimum Gasteiger partial charge on any atom is -0.347 e. The molecule has 3 heterocycles. The SMILES string of the molecule is c1cc(CN2CCC(c3cn[nH]n3)C2)n(C2CC2)c1. The summed E-state index contributed by atoms with van der Waals surface area (Å²) in [7, 11) is 0. The predicted molar refractivity (Wildman–Crippen MR) is 71.7 cm³/mol. The van der Waals surface area contributed by atoms with Gasteiger partial charge in [-0.25, -0.2) is 0 Å². The van der Waals surface area contributed by atoms with Gasteiger partial charge in [-0.05, 0) is 37.9 Å². The van der Waals surface area contributed by atoms with Crippen LogP contribution in [-0.4, -0.2) is 38.0 Å². The first kappa shape index (κ1) is 11.2. The summed E-state index contributed by atoms with van der Waals surface area (Å²) in [6.07, 6.45) is 7.99. The van der Waals surface area contributed by atoms with E-state index in [0.717, 1.165) is 31.4 Å². The molecule has 1 aliphatic heterocycles. The van der Waals surface area contributed by atoms with Crippen molar-refractivity contribution in [3.05, 3.63) is 35.9 Å². The summed E-state index contributed by atoms with van der Waals surface area (Å²) in [5.74, 6) is 0.545. The molecule has 0 spiro atoms. The normalized spacial score (nSPS) is 24.1. The Bertz CT molecular complexity index is 540. The van der Waals surface area contributed by atoms with Crippen LogP contribution >= 0.6 is 0 Å². The maximum Gasteiger partial charge on any atom is 0.0868 e. The summed E-state index contributed by atoms with van der Waals surface area (Å²) < 4.78 is 2.46. The number of hydrogen-bond acceptors (Lipinski definition) is 3. The maximum atomic E-state index is 4.22. The second kappa shape index (κ2) is 4.49. The second-order valence-electron chi connectivity index (χ2n) is 5.75. The average Bonchev–Trinajstić information content (AvgIpc) is 2.91. The van der Waals surface area contributed by atoms with Crippen molar-refractivity contribution in [2.24, 2.45) is 0 Å². The van der Waals surface area contributed by atoms with E-state index >= 15 is 0 Å². The van der Waals surface area contributed by atoms with Crippen molar-refractivity contribution in [2.75, 3.05) is 13.1 Å². The van der Waals surface area contributed by atoms with Crippen molar-refractivity contribution in [1.82, 2.24) is 24.9 Å². The van der Waals surface area contributed by atoms with Gasteiger partial charge in [-0.2, -0.15) is 15.4 Å². The summed E-state index contributed by atoms with van der Waals surface area (Å²) in [4.78, 5) is 2.54. The van der Waals surface area contributed by atoms with Crippen LogP contribution in [0.1, 0.15) is 42.6 Å². The van der Waals surface area contributed by atoms with Crippen molar-refractivity contribution in [3.63, 3.8) is 0 Å². The summed E-state index contributed by atoms with van der Waals surface area (Å²) in [5.41, 5.74) is 2.57. The average molecular weight is 257 g/mol. The smallest absolute Gasteiger partial charge is 0.0868 e. The lowest BCUT2D eigenvalue weighted by Gasteiger charge is -2.17. The molecule has 0 amide bonds. The highest BCUT2D eigenvalue weighted by Crippen LogP contribution is 2.36. The molecule has 5 heteroatoms. The van der Waals surface area contributed by atoms with Gasteiger partial charge in [0.25, 0.3) is 0 Å². The standard InChI is InChI=1S/C14H19N5/c1-2-13(19(6-1)12-3-4-12)10-18-7-5-11(9-18)14-8-15-17-16-14/h1-2,6,8,11-12H,3-5,7,9-10H2,(H,15,16,17). The fourth-order valence-electron chi connectivity index (χ4n) is 3.13. The van der Waals surface area contributed by atoms with Gasteiger partial charge in [-0.15, -0.1) is 0 Å². The third-order valence-electron chi connectivity index (χ3n) is 4.32. The molecular formula is C14H19N5. The lowest BCUT2D eigenvalue weighted by atomic mass is 10.1. The molecule has 19 heavy (non-hydrogen) atoms. The van der Waals surface area contributed by atoms with Crippen molar-refractivity contribution >= 4 is 0 Å². The van der Waals surface area contributed by atoms with Crippen LogP contribution in [0.5, 0.6) is 0 Å². The zero-order valence-corrected chi connectivity index (χ0v) is 11.0. The molecule has 0 aromatic carbocycles. The summed E-state index contributed by atoms with van der Waals surface area (Å²) in [6.45, 7) is 3.33. The van der Waals surface area contributed by atoms with Gasteiger partial charge in [0.2, 0.25) is 0 Å². The van der Waals surface area contributed by atoms with E-state index < -0.39 is 0 Å². The lowest BCUT2D eigenvalue weighted by molar-refractivity contribution is 0.316. The van der Waals surface area contributed by atoms with Crippen LogP contribution in [0, 0.1) is 0 Å². The molecule has 1 N–H and O–H groups in total. The fraction of sp³-hybridized carbons (Fsp3) is 0.571. The Hall–Kier alpha value is -1.62. The van der Waals surface area contributed by atoms with Gasteiger partial charge >= 0.3 is 0 Å². The number of rotatable bonds is 4. The largest absolute Gasteiger partial charge is 0.347 e. The summed E-state index contributed by atoms with van der Waals surface area (Å²) in [5, 5.41) is 10.8. The Balaban J connectivity index is 1.42. The van der Waals surface area contributed by atoms with Crippen LogP contribution in [0.2, 0.25) is 0 Å². The van der Waals surface area contributed by atoms with Gasteiger partial charge in [-0.1, -0.05) is 0 Å². The molecular weight excluding hydrogens is 238 g/mol. The minimum atomic E-state index is 0.545. The molecule has 0 radical (unpaired) electrons. The highest BCUT2D eigenvalue weighted by atomic mass is 15.3. The van der Waals surface area contributed by atoms with Crippen LogP contribution in [0.15, 0.2) is 24.5 Å². The molecule has 2 aromatic heterocycles. The van der Waals surface area contributed by atoms with Crippen LogP contribution in [-0.2, 0) is 6.54 Å². The van der Waals surface area contributed by atoms with Gasteiger partial charge < -0.3 is 4.57 Å². The van der Waals surface area contributed by atoms with Gasteiger partial charge in [0.15, 0.2) is 0 Å². The number of hydrogen-bond donors (Lipinski definition) is 1. The highest BCUT2D eigenvalue weighted by Gasteiger charge is 2.28. The van der Waals surface area contributed by atoms with E-state index in [1.165, 1.54) is 25.0 Å². The molecule has 0 bridgehead atoms. The van der Waals surface area contributed by atoms with Crippen LogP contribution in [0.3, 0.4) is 0 Å². The molecule has 1 aliphatic carbocycles. The maximum absolute atomic E-state index is 4.22. The van der Waals surface area contributed by atoms with Crippen molar-refractivity contribution in [2.45, 2.75) is 37.8 Å². The van der Waals surface area contributed by atoms with Crippen molar-refractivity contribution < 1.29 is 0 Å². The predicted octanol–water partition coefficient (Wildman–Crippen LogP) is 1.93. The van der Waals surface area contributed by atoms with E-state index in [9.17, 15) is 0 Å². The number of nitrogens with one attached hydrogen (secondary N) is 1. The van der Waals surface area contributed by atoms with Gasteiger partial charge in [0.05, 0.1) is 11.9 Å². The number of nitrogens with zero attached hydrogens (tertiary/aromatic N) is 4. The monoisotopic (exact) mass is 257 g/mol. The van der Waals surface area contributed by atoms with Crippen LogP contribution < -0.4 is 0 Å². The Kier molecular flexibility index (Phi) is 2.65. The first-order valence-electron chi connectivity index (χ1n) is 7.14. The summed E-state index contributed by atoms with van der Waals surface area (Å²) in [6, 6.07) is 5.22. The van der Waals surface area contributed by atoms with Crippen LogP contribution in [0.25, 0.3) is 0 Å². The van der Waals surface area contributed by atoms with E-state index in [-0.39, 0.29) is 0 Å². The van der Waals surface area contributed by atoms with Crippen molar-refractivity contribution in [3.8, 4) is 0 Å². The van der Waals surface area contributed by atoms with E-state index in [1.54, 1.807) is 0 Å². The summed E-state index contributed by atoms with van der Waals surface area (Å²) >= 11 is 0. The van der Waals surface area contributed by atoms with E-state index in [4.69, 9.17) is 0 Å². The number of likely N-dealkylation sites (tertiary alicyclic amines) is 1. The van der Waals surface area contributed by atoms with E-state index in [0.29, 0.717) is 5.92 Å². The molecule has 2 aromatic rings. The third-order valence-corrected chi connectivity index (χ3v) is 4.32. The quantitative estimate of drug-likeness (QED) is 0.910. The topological polar surface area (TPSA) is 49.7 Å². The molecule has 1 unspecified atom stereocenters. The molecule has 1 saturated heterocycles. The first-order chi connectivity index (χ1) is 9.40. The van der Waals surface area contributed by atoms with E-state index in [2.05, 4.69) is 43.2 Å². The van der Waals surface area contributed by atoms with Gasteiger partial charge in [0.1, 0.15) is 0 Å². The Morgan fingerprint density at radius 1 is 1.32 bits per heavy atom. The Morgan fingerprint density at radius 3 is 3.05 bits per heavy atom. The van der Waals surface area contributed by atoms with Gasteiger partial charge in [0, 0.05) is 36.9 Å². The number of aromatic amines is 1. The second-order valence-corrected chi connectivity index (χ2v) is 5.75. The molecule has 5 nitrogen and oxygen atoms in total. The van der Waals surface area contributed by atoms with Gasteiger partial charge in [-0.3, -0.25) is 4.90 Å². The van der Waals surface area contributed by atoms with E-state index in [1.807, 2.05) is 6.20 Å². The number of aromatic nitrogens is 4. The molecule has 2 aliphatic rings. The molecule has 4 rings (SSSR count). The lowest BCUT2D eigenvalue weighted by Crippen LogP contribution is -2.21. The minimum absolute atomic E-state index is 0.545. The first-order valence-corrected chi connectivity index (χ1v) is 7.14. The molecule has 1 saturated carbocycles. The third kappa shape index (κ3) is 2.18. The Morgan fingerprint density at radius 2 is 2.26 bits per heavy atom. The molecule has 2 fully saturated rings. The number of H-pyrrole nitrogens is 1.